The number of halogens is 2. The molecule has 1 heterocycles. The SMILES string of the molecule is CCOC(=O)C1=C(C)NC(=O)N[C@H]1c1ccc(OCC(=O)N/N=C\c2ccc(OCc3ccc(Cl)cc3Cl)cc2)c(OC)c1. The summed E-state index contributed by atoms with van der Waals surface area (Å²) in [6, 6.07) is 16.0. The molecule has 0 fully saturated rings. The fourth-order valence-electron chi connectivity index (χ4n) is 4.21. The number of hydrogen-bond donors (Lipinski definition) is 3. The monoisotopic (exact) mass is 640 g/mol. The molecule has 0 bridgehead atoms. The topological polar surface area (TPSA) is 137 Å². The molecule has 4 rings (SSSR count). The Morgan fingerprint density at radius 1 is 1.02 bits per heavy atom. The van der Waals surface area contributed by atoms with Gasteiger partial charge in [0.1, 0.15) is 12.4 Å². The van der Waals surface area contributed by atoms with Gasteiger partial charge in [0, 0.05) is 21.3 Å². The lowest BCUT2D eigenvalue weighted by molar-refractivity contribution is -0.139. The number of ether oxygens (including phenoxy) is 4. The molecule has 0 aromatic heterocycles. The van der Waals surface area contributed by atoms with Gasteiger partial charge < -0.3 is 29.6 Å². The standard InChI is InChI=1S/C31H30Cl2N4O7/c1-4-42-30(39)28-18(2)35-31(40)36-29(28)20-8-12-25(26(13-20)41-3)44-17-27(38)37-34-15-19-5-10-23(11-6-19)43-16-21-7-9-22(32)14-24(21)33/h5-15,29H,4,16-17H2,1-3H3,(H,37,38)(H2,35,36,40)/b34-15-/t29-/m0/s1. The summed E-state index contributed by atoms with van der Waals surface area (Å²) in [5.41, 5.74) is 5.17. The third-order valence-corrected chi connectivity index (χ3v) is 6.92. The number of esters is 1. The molecule has 0 spiro atoms. The van der Waals surface area contributed by atoms with E-state index in [1.807, 2.05) is 0 Å². The number of hydrogen-bond acceptors (Lipinski definition) is 8. The largest absolute Gasteiger partial charge is 0.493 e. The number of carbonyl (C=O) groups excluding carboxylic acids is 3. The van der Waals surface area contributed by atoms with Crippen LogP contribution in [0.2, 0.25) is 10.0 Å². The van der Waals surface area contributed by atoms with Crippen molar-refractivity contribution in [1.29, 1.82) is 0 Å². The zero-order valence-electron chi connectivity index (χ0n) is 24.1. The Hall–Kier alpha value is -4.74. The molecule has 3 amide bonds. The lowest BCUT2D eigenvalue weighted by atomic mass is 9.95. The second-order valence-corrected chi connectivity index (χ2v) is 10.2. The quantitative estimate of drug-likeness (QED) is 0.139. The summed E-state index contributed by atoms with van der Waals surface area (Å²) in [4.78, 5) is 37.1. The first-order valence-corrected chi connectivity index (χ1v) is 14.2. The number of urea groups is 1. The van der Waals surface area contributed by atoms with Gasteiger partial charge >= 0.3 is 12.0 Å². The van der Waals surface area contributed by atoms with Gasteiger partial charge in [0.05, 0.1) is 31.5 Å². The molecule has 230 valence electrons. The van der Waals surface area contributed by atoms with Crippen molar-refractivity contribution in [3.63, 3.8) is 0 Å². The first kappa shape index (κ1) is 32.2. The molecular formula is C31H30Cl2N4O7. The van der Waals surface area contributed by atoms with Crippen LogP contribution in [0.3, 0.4) is 0 Å². The minimum atomic E-state index is -0.772. The lowest BCUT2D eigenvalue weighted by Gasteiger charge is -2.28. The molecule has 3 aromatic carbocycles. The molecule has 11 nitrogen and oxygen atoms in total. The van der Waals surface area contributed by atoms with Crippen molar-refractivity contribution in [1.82, 2.24) is 16.1 Å². The van der Waals surface area contributed by atoms with E-state index >= 15 is 0 Å². The Bertz CT molecular complexity index is 1590. The van der Waals surface area contributed by atoms with Crippen LogP contribution in [0, 0.1) is 0 Å². The summed E-state index contributed by atoms with van der Waals surface area (Å²) in [7, 11) is 1.44. The Kier molecular flexibility index (Phi) is 11.1. The zero-order chi connectivity index (χ0) is 31.6. The molecule has 3 aromatic rings. The van der Waals surface area contributed by atoms with E-state index in [-0.39, 0.29) is 31.1 Å². The van der Waals surface area contributed by atoms with Gasteiger partial charge in [0.25, 0.3) is 5.91 Å². The smallest absolute Gasteiger partial charge is 0.338 e. The van der Waals surface area contributed by atoms with Crippen LogP contribution in [0.25, 0.3) is 0 Å². The minimum absolute atomic E-state index is 0.182. The average molecular weight is 642 g/mol. The number of nitrogens with one attached hydrogen (secondary N) is 3. The van der Waals surface area contributed by atoms with Gasteiger partial charge in [-0.3, -0.25) is 4.79 Å². The third-order valence-electron chi connectivity index (χ3n) is 6.34. The highest BCUT2D eigenvalue weighted by Crippen LogP contribution is 2.34. The van der Waals surface area contributed by atoms with Crippen LogP contribution in [0.5, 0.6) is 17.2 Å². The summed E-state index contributed by atoms with van der Waals surface area (Å²) in [5.74, 6) is 0.165. The maximum Gasteiger partial charge on any atom is 0.338 e. The maximum atomic E-state index is 12.6. The molecule has 0 radical (unpaired) electrons. The van der Waals surface area contributed by atoms with Crippen LogP contribution in [0.1, 0.15) is 36.6 Å². The summed E-state index contributed by atoms with van der Waals surface area (Å²) < 4.78 is 22.0. The number of methoxy groups -OCH3 is 1. The zero-order valence-corrected chi connectivity index (χ0v) is 25.6. The predicted molar refractivity (Wildman–Crippen MR) is 165 cm³/mol. The molecule has 1 atom stereocenters. The van der Waals surface area contributed by atoms with E-state index in [0.717, 1.165) is 11.1 Å². The Morgan fingerprint density at radius 2 is 1.80 bits per heavy atom. The number of carbonyl (C=O) groups is 3. The molecule has 0 saturated carbocycles. The Balaban J connectivity index is 1.31. The van der Waals surface area contributed by atoms with Gasteiger partial charge in [-0.2, -0.15) is 5.10 Å². The predicted octanol–water partition coefficient (Wildman–Crippen LogP) is 5.30. The van der Waals surface area contributed by atoms with E-state index in [0.29, 0.717) is 32.8 Å². The van der Waals surface area contributed by atoms with Gasteiger partial charge in [-0.1, -0.05) is 35.3 Å². The minimum Gasteiger partial charge on any atom is -0.493 e. The van der Waals surface area contributed by atoms with E-state index in [9.17, 15) is 14.4 Å². The van der Waals surface area contributed by atoms with Crippen molar-refractivity contribution in [2.24, 2.45) is 5.10 Å². The number of allylic oxidation sites excluding steroid dienone is 1. The summed E-state index contributed by atoms with van der Waals surface area (Å²) >= 11 is 12.1. The van der Waals surface area contributed by atoms with E-state index in [1.54, 1.807) is 74.5 Å². The highest BCUT2D eigenvalue weighted by atomic mass is 35.5. The van der Waals surface area contributed by atoms with E-state index in [1.165, 1.54) is 13.3 Å². The summed E-state index contributed by atoms with van der Waals surface area (Å²) in [5, 5.41) is 10.4. The first-order valence-electron chi connectivity index (χ1n) is 13.4. The van der Waals surface area contributed by atoms with Crippen LogP contribution in [-0.4, -0.2) is 44.4 Å². The lowest BCUT2D eigenvalue weighted by Crippen LogP contribution is -2.45. The number of hydrazone groups is 1. The van der Waals surface area contributed by atoms with Gasteiger partial charge in [-0.05, 0) is 73.5 Å². The van der Waals surface area contributed by atoms with Crippen LogP contribution < -0.4 is 30.3 Å². The van der Waals surface area contributed by atoms with Crippen LogP contribution in [-0.2, 0) is 20.9 Å². The average Bonchev–Trinajstić information content (AvgIpc) is 3.00. The van der Waals surface area contributed by atoms with Crippen molar-refractivity contribution in [3.8, 4) is 17.2 Å². The van der Waals surface area contributed by atoms with Gasteiger partial charge in [-0.25, -0.2) is 15.0 Å². The normalized spacial score (nSPS) is 14.5. The molecule has 1 aliphatic heterocycles. The van der Waals surface area contributed by atoms with Gasteiger partial charge in [-0.15, -0.1) is 0 Å². The Morgan fingerprint density at radius 3 is 2.50 bits per heavy atom. The maximum absolute atomic E-state index is 12.6. The molecular weight excluding hydrogens is 611 g/mol. The fourth-order valence-corrected chi connectivity index (χ4v) is 4.67. The van der Waals surface area contributed by atoms with E-state index in [4.69, 9.17) is 42.1 Å². The van der Waals surface area contributed by atoms with Crippen molar-refractivity contribution in [2.45, 2.75) is 26.5 Å². The van der Waals surface area contributed by atoms with Crippen LogP contribution >= 0.6 is 23.2 Å². The highest BCUT2D eigenvalue weighted by Gasteiger charge is 2.32. The molecule has 3 N–H and O–H groups in total. The number of benzene rings is 3. The molecule has 44 heavy (non-hydrogen) atoms. The van der Waals surface area contributed by atoms with Crippen LogP contribution in [0.15, 0.2) is 77.0 Å². The Labute approximate surface area is 264 Å². The second-order valence-electron chi connectivity index (χ2n) is 9.38. The molecule has 0 aliphatic carbocycles. The van der Waals surface area contributed by atoms with Gasteiger partial charge in [0.2, 0.25) is 0 Å². The van der Waals surface area contributed by atoms with Crippen molar-refractivity contribution in [3.05, 3.63) is 98.7 Å². The summed E-state index contributed by atoms with van der Waals surface area (Å²) in [6.45, 7) is 3.45. The molecule has 0 saturated heterocycles. The first-order chi connectivity index (χ1) is 21.2. The molecule has 0 unspecified atom stereocenters. The number of rotatable bonds is 12. The third kappa shape index (κ3) is 8.42. The van der Waals surface area contributed by atoms with Gasteiger partial charge in [0.15, 0.2) is 18.1 Å². The number of amides is 3. The van der Waals surface area contributed by atoms with Crippen LogP contribution in [0.4, 0.5) is 4.79 Å². The number of nitrogens with zero attached hydrogens (tertiary/aromatic N) is 1. The van der Waals surface area contributed by atoms with Crippen molar-refractivity contribution >= 4 is 47.3 Å². The van der Waals surface area contributed by atoms with Crippen molar-refractivity contribution in [2.75, 3.05) is 20.3 Å². The van der Waals surface area contributed by atoms with Crippen molar-refractivity contribution < 1.29 is 33.3 Å². The molecule has 1 aliphatic rings. The van der Waals surface area contributed by atoms with E-state index < -0.39 is 23.9 Å². The fraction of sp³-hybridized carbons (Fsp3) is 0.226. The highest BCUT2D eigenvalue weighted by molar-refractivity contribution is 6.35. The summed E-state index contributed by atoms with van der Waals surface area (Å²) in [6.07, 6.45) is 1.48. The molecule has 13 heteroatoms. The van der Waals surface area contributed by atoms with E-state index in [2.05, 4.69) is 21.2 Å². The second kappa shape index (κ2) is 15.1.